The average Bonchev–Trinajstić information content (AvgIpc) is 2.37. The van der Waals surface area contributed by atoms with Gasteiger partial charge in [0.05, 0.1) is 22.5 Å². The van der Waals surface area contributed by atoms with Crippen molar-refractivity contribution in [1.82, 2.24) is 5.32 Å². The van der Waals surface area contributed by atoms with Crippen molar-refractivity contribution in [2.24, 2.45) is 0 Å². The number of benzene rings is 1. The van der Waals surface area contributed by atoms with Crippen molar-refractivity contribution in [3.05, 3.63) is 44.0 Å². The number of nitro benzene ring substituents is 2. The van der Waals surface area contributed by atoms with E-state index in [0.29, 0.717) is 18.6 Å². The summed E-state index contributed by atoms with van der Waals surface area (Å²) in [5.41, 5.74) is -0.0965. The van der Waals surface area contributed by atoms with E-state index in [1.807, 2.05) is 0 Å². The van der Waals surface area contributed by atoms with Crippen LogP contribution in [0.1, 0.15) is 5.56 Å². The lowest BCUT2D eigenvalue weighted by Gasteiger charge is -2.14. The van der Waals surface area contributed by atoms with Gasteiger partial charge in [0.25, 0.3) is 11.4 Å². The molecule has 0 heterocycles. The average molecular weight is 269 g/mol. The van der Waals surface area contributed by atoms with Crippen LogP contribution in [-0.2, 0) is 11.2 Å². The van der Waals surface area contributed by atoms with Crippen molar-refractivity contribution >= 4 is 11.4 Å². The maximum atomic E-state index is 11.0. The number of ether oxygens (including phenoxy) is 1. The Labute approximate surface area is 109 Å². The molecule has 1 N–H and O–H groups in total. The van der Waals surface area contributed by atoms with Crippen molar-refractivity contribution in [1.29, 1.82) is 0 Å². The van der Waals surface area contributed by atoms with E-state index in [1.165, 1.54) is 19.2 Å². The van der Waals surface area contributed by atoms with E-state index in [-0.39, 0.29) is 17.4 Å². The van der Waals surface area contributed by atoms with Crippen molar-refractivity contribution in [2.45, 2.75) is 12.5 Å². The van der Waals surface area contributed by atoms with Gasteiger partial charge in [0.15, 0.2) is 0 Å². The number of hydrogen-bond donors (Lipinski definition) is 1. The molecule has 8 nitrogen and oxygen atoms in total. The highest BCUT2D eigenvalue weighted by Crippen LogP contribution is 2.25. The second kappa shape index (κ2) is 6.76. The van der Waals surface area contributed by atoms with Crippen molar-refractivity contribution in [3.63, 3.8) is 0 Å². The summed E-state index contributed by atoms with van der Waals surface area (Å²) in [6.07, 6.45) is 0.360. The van der Waals surface area contributed by atoms with E-state index >= 15 is 0 Å². The normalized spacial score (nSPS) is 12.1. The molecule has 104 valence electrons. The molecule has 1 unspecified atom stereocenters. The summed E-state index contributed by atoms with van der Waals surface area (Å²) in [4.78, 5) is 20.3. The zero-order valence-electron chi connectivity index (χ0n) is 10.7. The van der Waals surface area contributed by atoms with Crippen LogP contribution in [0.2, 0.25) is 0 Å². The number of nitrogens with zero attached hydrogens (tertiary/aromatic N) is 2. The van der Waals surface area contributed by atoms with Crippen molar-refractivity contribution in [3.8, 4) is 0 Å². The Balaban J connectivity index is 3.06. The monoisotopic (exact) mass is 269 g/mol. The molecule has 0 amide bonds. The third kappa shape index (κ3) is 3.97. The standard InChI is InChI=1S/C11H15N3O5/c1-12-9(7-19-2)5-8-3-4-10(13(15)16)6-11(8)14(17)18/h3-4,6,9,12H,5,7H2,1-2H3. The molecule has 1 aromatic carbocycles. The molecule has 8 heteroatoms. The molecule has 0 radical (unpaired) electrons. The molecule has 0 aromatic heterocycles. The van der Waals surface area contributed by atoms with Gasteiger partial charge in [-0.25, -0.2) is 0 Å². The fraction of sp³-hybridized carbons (Fsp3) is 0.455. The predicted octanol–water partition coefficient (Wildman–Crippen LogP) is 1.28. The molecule has 0 aliphatic heterocycles. The minimum absolute atomic E-state index is 0.0924. The number of non-ortho nitro benzene ring substituents is 1. The summed E-state index contributed by atoms with van der Waals surface area (Å²) in [7, 11) is 3.26. The van der Waals surface area contributed by atoms with Gasteiger partial charge in [-0.1, -0.05) is 0 Å². The number of likely N-dealkylation sites (N-methyl/N-ethyl adjacent to an activating group) is 1. The first-order valence-corrected chi connectivity index (χ1v) is 5.57. The zero-order valence-corrected chi connectivity index (χ0v) is 10.7. The van der Waals surface area contributed by atoms with Gasteiger partial charge in [-0.2, -0.15) is 0 Å². The lowest BCUT2D eigenvalue weighted by atomic mass is 10.0. The molecule has 0 aliphatic carbocycles. The van der Waals surface area contributed by atoms with Crippen LogP contribution in [0, 0.1) is 20.2 Å². The largest absolute Gasteiger partial charge is 0.383 e. The Morgan fingerprint density at radius 2 is 2.00 bits per heavy atom. The van der Waals surface area contributed by atoms with Crippen LogP contribution in [-0.4, -0.2) is 36.7 Å². The summed E-state index contributed by atoms with van der Waals surface area (Å²) in [5, 5.41) is 24.5. The maximum Gasteiger partial charge on any atom is 0.279 e. The summed E-state index contributed by atoms with van der Waals surface area (Å²) in [6.45, 7) is 0.393. The van der Waals surface area contributed by atoms with Crippen molar-refractivity contribution in [2.75, 3.05) is 20.8 Å². The molecule has 1 atom stereocenters. The summed E-state index contributed by atoms with van der Waals surface area (Å²) in [6, 6.07) is 3.57. The highest BCUT2D eigenvalue weighted by molar-refractivity contribution is 5.49. The van der Waals surface area contributed by atoms with E-state index in [2.05, 4.69) is 5.32 Å². The lowest BCUT2D eigenvalue weighted by Crippen LogP contribution is -2.32. The molecule has 0 bridgehead atoms. The minimum Gasteiger partial charge on any atom is -0.383 e. The van der Waals surface area contributed by atoms with Crippen LogP contribution >= 0.6 is 0 Å². The Morgan fingerprint density at radius 3 is 2.47 bits per heavy atom. The summed E-state index contributed by atoms with van der Waals surface area (Å²) < 4.78 is 4.99. The Morgan fingerprint density at radius 1 is 1.32 bits per heavy atom. The highest BCUT2D eigenvalue weighted by atomic mass is 16.6. The molecular weight excluding hydrogens is 254 g/mol. The van der Waals surface area contributed by atoms with E-state index < -0.39 is 9.85 Å². The van der Waals surface area contributed by atoms with Crippen LogP contribution in [0.3, 0.4) is 0 Å². The molecule has 0 fully saturated rings. The summed E-state index contributed by atoms with van der Waals surface area (Å²) >= 11 is 0. The van der Waals surface area contributed by atoms with E-state index in [4.69, 9.17) is 4.74 Å². The second-order valence-electron chi connectivity index (χ2n) is 3.97. The zero-order chi connectivity index (χ0) is 14.4. The van der Waals surface area contributed by atoms with Gasteiger partial charge in [-0.05, 0) is 19.5 Å². The molecule has 0 saturated carbocycles. The maximum absolute atomic E-state index is 11.0. The molecular formula is C11H15N3O5. The fourth-order valence-corrected chi connectivity index (χ4v) is 1.72. The molecule has 0 spiro atoms. The summed E-state index contributed by atoms with van der Waals surface area (Å²) in [5.74, 6) is 0. The Bertz CT molecular complexity index is 477. The number of nitro groups is 2. The fourth-order valence-electron chi connectivity index (χ4n) is 1.72. The number of methoxy groups -OCH3 is 1. The van der Waals surface area contributed by atoms with E-state index in [1.54, 1.807) is 7.05 Å². The van der Waals surface area contributed by atoms with Gasteiger partial charge in [-0.3, -0.25) is 20.2 Å². The van der Waals surface area contributed by atoms with Gasteiger partial charge in [0, 0.05) is 24.8 Å². The van der Waals surface area contributed by atoms with E-state index in [9.17, 15) is 20.2 Å². The van der Waals surface area contributed by atoms with Crippen LogP contribution in [0.25, 0.3) is 0 Å². The Hall–Kier alpha value is -2.06. The SMILES string of the molecule is CNC(COC)Cc1ccc([N+](=O)[O-])cc1[N+](=O)[O-]. The molecule has 1 aromatic rings. The molecule has 19 heavy (non-hydrogen) atoms. The predicted molar refractivity (Wildman–Crippen MR) is 68.2 cm³/mol. The van der Waals surface area contributed by atoms with Crippen LogP contribution in [0.4, 0.5) is 11.4 Å². The minimum atomic E-state index is -0.651. The van der Waals surface area contributed by atoms with Gasteiger partial charge in [-0.15, -0.1) is 0 Å². The van der Waals surface area contributed by atoms with Gasteiger partial charge >= 0.3 is 0 Å². The topological polar surface area (TPSA) is 108 Å². The lowest BCUT2D eigenvalue weighted by molar-refractivity contribution is -0.394. The van der Waals surface area contributed by atoms with Crippen molar-refractivity contribution < 1.29 is 14.6 Å². The Kier molecular flexibility index (Phi) is 5.34. The third-order valence-electron chi connectivity index (χ3n) is 2.72. The molecule has 1 rings (SSSR count). The van der Waals surface area contributed by atoms with Gasteiger partial charge in [0.1, 0.15) is 0 Å². The number of hydrogen-bond acceptors (Lipinski definition) is 6. The number of nitrogens with one attached hydrogen (secondary N) is 1. The second-order valence-corrected chi connectivity index (χ2v) is 3.97. The van der Waals surface area contributed by atoms with Crippen LogP contribution in [0.15, 0.2) is 18.2 Å². The first kappa shape index (κ1) is 15.0. The third-order valence-corrected chi connectivity index (χ3v) is 2.72. The van der Waals surface area contributed by atoms with Gasteiger partial charge < -0.3 is 10.1 Å². The smallest absolute Gasteiger partial charge is 0.279 e. The first-order valence-electron chi connectivity index (χ1n) is 5.57. The quantitative estimate of drug-likeness (QED) is 0.590. The highest BCUT2D eigenvalue weighted by Gasteiger charge is 2.21. The van der Waals surface area contributed by atoms with Gasteiger partial charge in [0.2, 0.25) is 0 Å². The number of rotatable bonds is 7. The molecule has 0 aliphatic rings. The van der Waals surface area contributed by atoms with Crippen LogP contribution < -0.4 is 5.32 Å². The van der Waals surface area contributed by atoms with Crippen LogP contribution in [0.5, 0.6) is 0 Å². The molecule has 0 saturated heterocycles. The van der Waals surface area contributed by atoms with E-state index in [0.717, 1.165) is 6.07 Å². The first-order chi connectivity index (χ1) is 8.99.